The van der Waals surface area contributed by atoms with Crippen LogP contribution in [0.2, 0.25) is 0 Å². The molecule has 3 N–H and O–H groups in total. The van der Waals surface area contributed by atoms with Crippen LogP contribution in [0.25, 0.3) is 23.4 Å². The predicted octanol–water partition coefficient (Wildman–Crippen LogP) is 1.88. The number of nitrogens with zero attached hydrogens (tertiary/aromatic N) is 3. The van der Waals surface area contributed by atoms with Gasteiger partial charge in [0.1, 0.15) is 5.82 Å². The Morgan fingerprint density at radius 3 is 2.54 bits per heavy atom. The molecule has 6 nitrogen and oxygen atoms in total. The van der Waals surface area contributed by atoms with Crippen molar-refractivity contribution in [1.29, 1.82) is 0 Å². The Kier molecular flexibility index (Phi) is 6.63. The molecule has 2 aliphatic rings. The third kappa shape index (κ3) is 5.12. The minimum atomic E-state index is -0.365. The van der Waals surface area contributed by atoms with Crippen molar-refractivity contribution in [2.75, 3.05) is 44.8 Å². The minimum Gasteiger partial charge on any atom is -0.387 e. The largest absolute Gasteiger partial charge is 0.387 e. The zero-order chi connectivity index (χ0) is 24.4. The highest BCUT2D eigenvalue weighted by Gasteiger charge is 2.18. The molecule has 0 atom stereocenters. The number of halogens is 1. The maximum atomic E-state index is 14.7. The molecule has 3 aromatic rings. The van der Waals surface area contributed by atoms with Gasteiger partial charge in [-0.3, -0.25) is 9.69 Å². The van der Waals surface area contributed by atoms with Gasteiger partial charge in [-0.1, -0.05) is 30.3 Å². The maximum Gasteiger partial charge on any atom is 0.272 e. The summed E-state index contributed by atoms with van der Waals surface area (Å²) < 4.78 is 14.7. The lowest BCUT2D eigenvalue weighted by Gasteiger charge is -2.32. The van der Waals surface area contributed by atoms with E-state index in [1.807, 2.05) is 36.5 Å². The number of carbonyl (C=O) groups excluding carboxylic acids is 1. The Morgan fingerprint density at radius 1 is 1.00 bits per heavy atom. The lowest BCUT2D eigenvalue weighted by molar-refractivity contribution is 0.0987. The van der Waals surface area contributed by atoms with Crippen molar-refractivity contribution < 1.29 is 9.18 Å². The number of hydrogen-bond donors (Lipinski definition) is 2. The molecule has 0 spiro atoms. The Balaban J connectivity index is 1.33. The van der Waals surface area contributed by atoms with E-state index in [2.05, 4.69) is 28.2 Å². The first kappa shape index (κ1) is 23.2. The minimum absolute atomic E-state index is 0.341. The van der Waals surface area contributed by atoms with Crippen molar-refractivity contribution in [2.24, 2.45) is 5.84 Å². The number of nitrogens with two attached hydrogens (primary N) is 1. The molecule has 0 aliphatic carbocycles. The van der Waals surface area contributed by atoms with E-state index in [0.29, 0.717) is 16.8 Å². The molecule has 35 heavy (non-hydrogen) atoms. The van der Waals surface area contributed by atoms with E-state index < -0.39 is 0 Å². The summed E-state index contributed by atoms with van der Waals surface area (Å²) in [5, 5.41) is 6.36. The third-order valence-corrected chi connectivity index (χ3v) is 6.75. The molecule has 7 heteroatoms. The third-order valence-electron chi connectivity index (χ3n) is 6.75. The fourth-order valence-electron chi connectivity index (χ4n) is 4.55. The standard InChI is InChI=1S/C28H30FN5O/c1-32-12-14-33(15-13-32)19-20-2-4-22(5-3-20)28(35)34(30)25-8-9-27(29)26(17-25)23-7-6-21-10-11-31-18-24(21)16-23/h2-10,16-18,31H,11-15,19,30H2,1H3. The van der Waals surface area contributed by atoms with Crippen LogP contribution in [0.3, 0.4) is 0 Å². The summed E-state index contributed by atoms with van der Waals surface area (Å²) >= 11 is 0. The summed E-state index contributed by atoms with van der Waals surface area (Å²) in [7, 11) is 2.14. The fraction of sp³-hybridized carbons (Fsp3) is 0.250. The zero-order valence-corrected chi connectivity index (χ0v) is 19.9. The summed E-state index contributed by atoms with van der Waals surface area (Å²) in [5.74, 6) is 5.50. The average Bonchev–Trinajstić information content (AvgIpc) is 2.89. The van der Waals surface area contributed by atoms with Gasteiger partial charge in [0.15, 0.2) is 0 Å². The topological polar surface area (TPSA) is 64.8 Å². The van der Waals surface area contributed by atoms with E-state index in [4.69, 9.17) is 5.84 Å². The summed E-state index contributed by atoms with van der Waals surface area (Å²) in [6.45, 7) is 5.85. The molecule has 2 heterocycles. The SMILES string of the molecule is CN1CCN(Cc2ccc(C(=O)N(N)c3ccc(F)c(-c4ccc5c(c4)=CNCC=5)c3)cc2)CC1. The first-order valence-electron chi connectivity index (χ1n) is 11.9. The summed E-state index contributed by atoms with van der Waals surface area (Å²) in [6.07, 6.45) is 4.01. The number of rotatable bonds is 5. The van der Waals surface area contributed by atoms with Crippen LogP contribution in [-0.2, 0) is 6.54 Å². The number of anilines is 1. The molecule has 2 aliphatic heterocycles. The molecule has 0 unspecified atom stereocenters. The second-order valence-electron chi connectivity index (χ2n) is 9.22. The van der Waals surface area contributed by atoms with Crippen LogP contribution in [0.4, 0.5) is 10.1 Å². The number of benzene rings is 3. The second-order valence-corrected chi connectivity index (χ2v) is 9.22. The zero-order valence-electron chi connectivity index (χ0n) is 19.9. The smallest absolute Gasteiger partial charge is 0.272 e. The number of amides is 1. The summed E-state index contributed by atoms with van der Waals surface area (Å²) in [5.41, 5.74) is 3.21. The molecule has 180 valence electrons. The van der Waals surface area contributed by atoms with Crippen LogP contribution in [0.1, 0.15) is 15.9 Å². The van der Waals surface area contributed by atoms with Crippen LogP contribution in [0, 0.1) is 5.82 Å². The normalized spacial score (nSPS) is 16.0. The lowest BCUT2D eigenvalue weighted by Crippen LogP contribution is -2.43. The lowest BCUT2D eigenvalue weighted by atomic mass is 10.0. The van der Waals surface area contributed by atoms with Gasteiger partial charge < -0.3 is 10.2 Å². The highest BCUT2D eigenvalue weighted by molar-refractivity contribution is 6.05. The van der Waals surface area contributed by atoms with Gasteiger partial charge in [-0.05, 0) is 65.0 Å². The molecule has 0 bridgehead atoms. The number of hydrazine groups is 1. The van der Waals surface area contributed by atoms with Gasteiger partial charge >= 0.3 is 0 Å². The maximum absolute atomic E-state index is 14.7. The molecule has 0 aromatic heterocycles. The molecule has 5 rings (SSSR count). The summed E-state index contributed by atoms with van der Waals surface area (Å²) in [4.78, 5) is 17.8. The van der Waals surface area contributed by atoms with Crippen LogP contribution >= 0.6 is 0 Å². The van der Waals surface area contributed by atoms with E-state index in [9.17, 15) is 9.18 Å². The number of likely N-dealkylation sites (N-methyl/N-ethyl adjacent to an activating group) is 1. The van der Waals surface area contributed by atoms with Crippen molar-refractivity contribution in [3.05, 3.63) is 88.0 Å². The van der Waals surface area contributed by atoms with Crippen LogP contribution in [-0.4, -0.2) is 55.5 Å². The first-order valence-corrected chi connectivity index (χ1v) is 11.9. The molecular formula is C28H30FN5O. The van der Waals surface area contributed by atoms with E-state index in [0.717, 1.165) is 65.8 Å². The van der Waals surface area contributed by atoms with Crippen LogP contribution < -0.4 is 26.6 Å². The Hall–Kier alpha value is -3.52. The molecule has 1 amide bonds. The molecule has 0 saturated carbocycles. The number of nitrogens with one attached hydrogen (secondary N) is 1. The average molecular weight is 472 g/mol. The Labute approximate surface area is 204 Å². The molecule has 0 radical (unpaired) electrons. The summed E-state index contributed by atoms with van der Waals surface area (Å²) in [6, 6.07) is 17.9. The molecule has 1 fully saturated rings. The van der Waals surface area contributed by atoms with Crippen molar-refractivity contribution in [2.45, 2.75) is 6.54 Å². The van der Waals surface area contributed by atoms with Crippen molar-refractivity contribution in [3.8, 4) is 11.1 Å². The van der Waals surface area contributed by atoms with Gasteiger partial charge in [0.05, 0.1) is 5.69 Å². The van der Waals surface area contributed by atoms with Gasteiger partial charge in [0.25, 0.3) is 5.91 Å². The van der Waals surface area contributed by atoms with Gasteiger partial charge in [0.2, 0.25) is 0 Å². The first-order chi connectivity index (χ1) is 17.0. The molecule has 3 aromatic carbocycles. The van der Waals surface area contributed by atoms with Crippen molar-refractivity contribution in [1.82, 2.24) is 15.1 Å². The van der Waals surface area contributed by atoms with Crippen molar-refractivity contribution in [3.63, 3.8) is 0 Å². The molecule has 1 saturated heterocycles. The number of hydrogen-bond acceptors (Lipinski definition) is 5. The highest BCUT2D eigenvalue weighted by atomic mass is 19.1. The number of fused-ring (bicyclic) bond motifs is 1. The predicted molar refractivity (Wildman–Crippen MR) is 138 cm³/mol. The van der Waals surface area contributed by atoms with E-state index in [-0.39, 0.29) is 11.7 Å². The quantitative estimate of drug-likeness (QED) is 0.338. The van der Waals surface area contributed by atoms with Gasteiger partial charge in [-0.15, -0.1) is 0 Å². The van der Waals surface area contributed by atoms with Gasteiger partial charge in [0, 0.05) is 56.6 Å². The van der Waals surface area contributed by atoms with E-state index in [1.165, 1.54) is 12.1 Å². The molecular weight excluding hydrogens is 441 g/mol. The van der Waals surface area contributed by atoms with E-state index in [1.54, 1.807) is 18.2 Å². The van der Waals surface area contributed by atoms with Crippen LogP contribution in [0.15, 0.2) is 60.7 Å². The number of piperazine rings is 1. The highest BCUT2D eigenvalue weighted by Crippen LogP contribution is 2.27. The van der Waals surface area contributed by atoms with Gasteiger partial charge in [-0.25, -0.2) is 15.2 Å². The van der Waals surface area contributed by atoms with Crippen LogP contribution in [0.5, 0.6) is 0 Å². The van der Waals surface area contributed by atoms with E-state index >= 15 is 0 Å². The Bertz CT molecular complexity index is 1350. The fourth-order valence-corrected chi connectivity index (χ4v) is 4.55. The Morgan fingerprint density at radius 2 is 1.77 bits per heavy atom. The number of carbonyl (C=O) groups is 1. The van der Waals surface area contributed by atoms with Gasteiger partial charge in [-0.2, -0.15) is 0 Å². The second kappa shape index (κ2) is 10.00. The van der Waals surface area contributed by atoms with Crippen molar-refractivity contribution >= 4 is 23.9 Å². The monoisotopic (exact) mass is 471 g/mol.